The Bertz CT molecular complexity index is 1140. The van der Waals surface area contributed by atoms with Crippen LogP contribution < -0.4 is 20.1 Å². The van der Waals surface area contributed by atoms with Crippen molar-refractivity contribution in [3.8, 4) is 11.5 Å². The van der Waals surface area contributed by atoms with Crippen molar-refractivity contribution in [3.05, 3.63) is 28.9 Å². The normalized spacial score (nSPS) is 15.7. The number of aromatic nitrogens is 3. The molecule has 3 aromatic rings. The second-order valence-electron chi connectivity index (χ2n) is 7.05. The number of anilines is 3. The van der Waals surface area contributed by atoms with Crippen molar-refractivity contribution in [3.63, 3.8) is 0 Å². The smallest absolute Gasteiger partial charge is 0.257 e. The Morgan fingerprint density at radius 1 is 1.13 bits per heavy atom. The molecule has 2 aliphatic heterocycles. The molecule has 0 unspecified atom stereocenters. The molecule has 2 aliphatic rings. The summed E-state index contributed by atoms with van der Waals surface area (Å²) in [6, 6.07) is 3.51. The van der Waals surface area contributed by atoms with Crippen molar-refractivity contribution in [2.45, 2.75) is 0 Å². The van der Waals surface area contributed by atoms with Gasteiger partial charge in [-0.3, -0.25) is 4.79 Å². The first-order chi connectivity index (χ1) is 15.2. The van der Waals surface area contributed by atoms with Gasteiger partial charge in [-0.05, 0) is 12.1 Å². The Morgan fingerprint density at radius 3 is 2.68 bits per heavy atom. The molecule has 162 valence electrons. The first-order valence-electron chi connectivity index (χ1n) is 9.94. The average Bonchev–Trinajstić information content (AvgIpc) is 3.19. The number of hydrogen-bond acceptors (Lipinski definition) is 8. The Kier molecular flexibility index (Phi) is 5.16. The van der Waals surface area contributed by atoms with Crippen molar-refractivity contribution in [2.24, 2.45) is 0 Å². The highest BCUT2D eigenvalue weighted by Crippen LogP contribution is 2.42. The van der Waals surface area contributed by atoms with Crippen LogP contribution in [0, 0.1) is 0 Å². The van der Waals surface area contributed by atoms with Crippen LogP contribution in [-0.2, 0) is 4.74 Å². The average molecular weight is 445 g/mol. The fourth-order valence-electron chi connectivity index (χ4n) is 3.69. The van der Waals surface area contributed by atoms with Gasteiger partial charge >= 0.3 is 0 Å². The molecule has 1 fully saturated rings. The molecule has 1 saturated heterocycles. The molecule has 0 aliphatic carbocycles. The summed E-state index contributed by atoms with van der Waals surface area (Å²) in [6.07, 6.45) is 1.66. The van der Waals surface area contributed by atoms with Crippen LogP contribution in [0.2, 0.25) is 5.02 Å². The maximum absolute atomic E-state index is 13.0. The zero-order chi connectivity index (χ0) is 21.4. The third-order valence-corrected chi connectivity index (χ3v) is 5.48. The van der Waals surface area contributed by atoms with Crippen LogP contribution in [0.1, 0.15) is 10.4 Å². The zero-order valence-electron chi connectivity index (χ0n) is 16.8. The first kappa shape index (κ1) is 19.7. The minimum absolute atomic E-state index is 0.104. The van der Waals surface area contributed by atoms with Crippen LogP contribution in [-0.4, -0.2) is 72.3 Å². The number of aromatic amines is 1. The highest BCUT2D eigenvalue weighted by molar-refractivity contribution is 6.36. The predicted molar refractivity (Wildman–Crippen MR) is 116 cm³/mol. The summed E-state index contributed by atoms with van der Waals surface area (Å²) < 4.78 is 17.1. The van der Waals surface area contributed by atoms with Crippen LogP contribution in [0.4, 0.5) is 17.5 Å². The SMILES string of the molecule is CNc1nc(Nc2ccc(C(=O)N3CCOCC3)c3c2OCCO3)nc2[nH]cc(Cl)c12. The van der Waals surface area contributed by atoms with Crippen molar-refractivity contribution >= 4 is 46.0 Å². The van der Waals surface area contributed by atoms with Crippen molar-refractivity contribution in [1.82, 2.24) is 19.9 Å². The number of H-pyrrole nitrogens is 1. The molecule has 1 aromatic carbocycles. The second-order valence-corrected chi connectivity index (χ2v) is 7.46. The number of rotatable bonds is 4. The van der Waals surface area contributed by atoms with E-state index in [0.717, 1.165) is 0 Å². The molecule has 0 spiro atoms. The van der Waals surface area contributed by atoms with E-state index in [1.807, 2.05) is 0 Å². The van der Waals surface area contributed by atoms with Crippen LogP contribution in [0.5, 0.6) is 11.5 Å². The number of benzene rings is 1. The lowest BCUT2D eigenvalue weighted by atomic mass is 10.1. The third-order valence-electron chi connectivity index (χ3n) is 5.18. The Hall–Kier alpha value is -3.24. The number of halogens is 1. The number of hydrogen-bond donors (Lipinski definition) is 3. The summed E-state index contributed by atoms with van der Waals surface area (Å²) in [7, 11) is 1.76. The summed E-state index contributed by atoms with van der Waals surface area (Å²) in [6.45, 7) is 2.90. The Balaban J connectivity index is 1.50. The van der Waals surface area contributed by atoms with Crippen molar-refractivity contribution in [2.75, 3.05) is 57.2 Å². The van der Waals surface area contributed by atoms with Crippen molar-refractivity contribution < 1.29 is 19.0 Å². The van der Waals surface area contributed by atoms with E-state index in [1.54, 1.807) is 30.3 Å². The van der Waals surface area contributed by atoms with Gasteiger partial charge in [0.25, 0.3) is 5.91 Å². The number of amides is 1. The van der Waals surface area contributed by atoms with E-state index in [4.69, 9.17) is 25.8 Å². The van der Waals surface area contributed by atoms with Gasteiger partial charge in [0.05, 0.1) is 34.9 Å². The van der Waals surface area contributed by atoms with Gasteiger partial charge in [-0.2, -0.15) is 9.97 Å². The van der Waals surface area contributed by atoms with Gasteiger partial charge < -0.3 is 34.7 Å². The van der Waals surface area contributed by atoms with Gasteiger partial charge in [0.15, 0.2) is 11.5 Å². The van der Waals surface area contributed by atoms with Crippen LogP contribution in [0.25, 0.3) is 11.0 Å². The van der Waals surface area contributed by atoms with E-state index in [9.17, 15) is 4.79 Å². The molecule has 0 atom stereocenters. The molecule has 31 heavy (non-hydrogen) atoms. The van der Waals surface area contributed by atoms with Gasteiger partial charge in [-0.15, -0.1) is 0 Å². The molecular formula is C20H21ClN6O4. The van der Waals surface area contributed by atoms with Gasteiger partial charge in [-0.25, -0.2) is 0 Å². The monoisotopic (exact) mass is 444 g/mol. The number of nitrogens with one attached hydrogen (secondary N) is 3. The van der Waals surface area contributed by atoms with E-state index < -0.39 is 0 Å². The number of morpholine rings is 1. The Labute approximate surface area is 182 Å². The summed E-state index contributed by atoms with van der Waals surface area (Å²) >= 11 is 6.22. The predicted octanol–water partition coefficient (Wildman–Crippen LogP) is 2.64. The van der Waals surface area contributed by atoms with E-state index in [1.165, 1.54) is 0 Å². The Morgan fingerprint density at radius 2 is 1.90 bits per heavy atom. The quantitative estimate of drug-likeness (QED) is 0.562. The second kappa shape index (κ2) is 8.12. The number of ether oxygens (including phenoxy) is 3. The molecule has 3 N–H and O–H groups in total. The third kappa shape index (κ3) is 3.57. The van der Waals surface area contributed by atoms with Gasteiger partial charge in [0.2, 0.25) is 5.95 Å². The van der Waals surface area contributed by atoms with E-state index in [0.29, 0.717) is 90.1 Å². The molecule has 0 saturated carbocycles. The lowest BCUT2D eigenvalue weighted by molar-refractivity contribution is 0.0298. The molecule has 1 amide bonds. The highest BCUT2D eigenvalue weighted by Gasteiger charge is 2.28. The van der Waals surface area contributed by atoms with E-state index >= 15 is 0 Å². The summed E-state index contributed by atoms with van der Waals surface area (Å²) in [5, 5.41) is 7.46. The summed E-state index contributed by atoms with van der Waals surface area (Å²) in [5.74, 6) is 1.71. The highest BCUT2D eigenvalue weighted by atomic mass is 35.5. The number of nitrogens with zero attached hydrogens (tertiary/aromatic N) is 3. The maximum atomic E-state index is 13.0. The minimum Gasteiger partial charge on any atom is -0.485 e. The lowest BCUT2D eigenvalue weighted by Crippen LogP contribution is -2.41. The largest absolute Gasteiger partial charge is 0.485 e. The van der Waals surface area contributed by atoms with E-state index in [2.05, 4.69) is 25.6 Å². The molecule has 10 nitrogen and oxygen atoms in total. The number of carbonyl (C=O) groups excluding carboxylic acids is 1. The molecule has 5 rings (SSSR count). The van der Waals surface area contributed by atoms with Crippen LogP contribution in [0.15, 0.2) is 18.3 Å². The summed E-state index contributed by atoms with van der Waals surface area (Å²) in [4.78, 5) is 26.8. The van der Waals surface area contributed by atoms with Crippen LogP contribution in [0.3, 0.4) is 0 Å². The molecule has 11 heteroatoms. The minimum atomic E-state index is -0.104. The molecular weight excluding hydrogens is 424 g/mol. The van der Waals surface area contributed by atoms with E-state index in [-0.39, 0.29) is 5.91 Å². The molecule has 4 heterocycles. The standard InChI is InChI=1S/C20H21ClN6O4/c1-22-17-14-12(21)10-23-18(14)26-20(25-17)24-13-3-2-11(15-16(13)31-9-8-30-15)19(28)27-4-6-29-7-5-27/h2-3,10H,4-9H2,1H3,(H3,22,23,24,25,26). The van der Waals surface area contributed by atoms with Gasteiger partial charge in [0.1, 0.15) is 24.7 Å². The topological polar surface area (TPSA) is 114 Å². The first-order valence-corrected chi connectivity index (χ1v) is 10.3. The van der Waals surface area contributed by atoms with Crippen molar-refractivity contribution in [1.29, 1.82) is 0 Å². The fourth-order valence-corrected chi connectivity index (χ4v) is 3.93. The fraction of sp³-hybridized carbons (Fsp3) is 0.350. The maximum Gasteiger partial charge on any atom is 0.257 e. The zero-order valence-corrected chi connectivity index (χ0v) is 17.6. The summed E-state index contributed by atoms with van der Waals surface area (Å²) in [5.41, 5.74) is 1.66. The molecule has 0 bridgehead atoms. The molecule has 2 aromatic heterocycles. The lowest BCUT2D eigenvalue weighted by Gasteiger charge is -2.29. The number of carbonyl (C=O) groups is 1. The molecule has 0 radical (unpaired) electrons. The van der Waals surface area contributed by atoms with Gasteiger partial charge in [0, 0.05) is 26.3 Å². The number of fused-ring (bicyclic) bond motifs is 2. The van der Waals surface area contributed by atoms with Crippen LogP contribution >= 0.6 is 11.6 Å². The van der Waals surface area contributed by atoms with Gasteiger partial charge in [-0.1, -0.05) is 11.6 Å².